The first-order chi connectivity index (χ1) is 13.2. The molecule has 3 N–H and O–H groups in total. The highest BCUT2D eigenvalue weighted by molar-refractivity contribution is 5.98. The zero-order valence-electron chi connectivity index (χ0n) is 15.8. The van der Waals surface area contributed by atoms with Crippen LogP contribution < -0.4 is 20.7 Å². The molecule has 0 aliphatic rings. The van der Waals surface area contributed by atoms with Crippen molar-refractivity contribution >= 4 is 11.8 Å². The van der Waals surface area contributed by atoms with Crippen LogP contribution in [-0.2, 0) is 4.79 Å². The number of carbonyl (C=O) groups excluding carboxylic acids is 2. The highest BCUT2D eigenvalue weighted by atomic mass is 16.5. The van der Waals surface area contributed by atoms with Crippen molar-refractivity contribution in [3.63, 3.8) is 0 Å². The lowest BCUT2D eigenvalue weighted by molar-refractivity contribution is -0.123. The van der Waals surface area contributed by atoms with E-state index in [1.807, 2.05) is 30.3 Å². The van der Waals surface area contributed by atoms with E-state index in [1.165, 1.54) is 0 Å². The molecule has 2 aromatic rings. The number of amides is 2. The molecule has 0 saturated heterocycles. The molecule has 6 nitrogen and oxygen atoms in total. The second-order valence-corrected chi connectivity index (χ2v) is 6.09. The maximum Gasteiger partial charge on any atom is 0.252 e. The van der Waals surface area contributed by atoms with Crippen molar-refractivity contribution in [3.05, 3.63) is 65.7 Å². The smallest absolute Gasteiger partial charge is 0.252 e. The van der Waals surface area contributed by atoms with Gasteiger partial charge in [-0.15, -0.1) is 0 Å². The van der Waals surface area contributed by atoms with E-state index in [-0.39, 0.29) is 11.8 Å². The lowest BCUT2D eigenvalue weighted by atomic mass is 10.1. The van der Waals surface area contributed by atoms with E-state index >= 15 is 0 Å². The molecule has 144 valence electrons. The van der Waals surface area contributed by atoms with Crippen molar-refractivity contribution in [1.82, 2.24) is 16.0 Å². The molecule has 2 aromatic carbocycles. The van der Waals surface area contributed by atoms with Gasteiger partial charge in [0.15, 0.2) is 0 Å². The normalized spacial score (nSPS) is 11.5. The first-order valence-corrected chi connectivity index (χ1v) is 9.14. The van der Waals surface area contributed by atoms with E-state index in [2.05, 4.69) is 22.9 Å². The number of ether oxygens (including phenoxy) is 1. The molecule has 1 atom stereocenters. The number of benzene rings is 2. The van der Waals surface area contributed by atoms with Gasteiger partial charge in [0, 0.05) is 18.7 Å². The Bertz CT molecular complexity index is 717. The van der Waals surface area contributed by atoms with E-state index in [0.717, 1.165) is 18.5 Å². The van der Waals surface area contributed by atoms with Crippen molar-refractivity contribution in [2.24, 2.45) is 0 Å². The van der Waals surface area contributed by atoms with Crippen molar-refractivity contribution in [2.75, 3.05) is 26.7 Å². The fourth-order valence-corrected chi connectivity index (χ4v) is 2.58. The highest BCUT2D eigenvalue weighted by Crippen LogP contribution is 2.16. The second kappa shape index (κ2) is 11.0. The summed E-state index contributed by atoms with van der Waals surface area (Å²) in [5.41, 5.74) is 1.20. The van der Waals surface area contributed by atoms with Gasteiger partial charge in [0.25, 0.3) is 5.91 Å². The topological polar surface area (TPSA) is 79.5 Å². The van der Waals surface area contributed by atoms with Gasteiger partial charge >= 0.3 is 0 Å². The lowest BCUT2D eigenvalue weighted by Gasteiger charge is -2.19. The van der Waals surface area contributed by atoms with Gasteiger partial charge in [-0.2, -0.15) is 0 Å². The molecule has 0 aliphatic heterocycles. The molecule has 0 aromatic heterocycles. The van der Waals surface area contributed by atoms with Crippen LogP contribution in [-0.4, -0.2) is 38.6 Å². The van der Waals surface area contributed by atoms with E-state index in [0.29, 0.717) is 24.4 Å². The average Bonchev–Trinajstić information content (AvgIpc) is 2.72. The third-order valence-corrected chi connectivity index (χ3v) is 4.05. The quantitative estimate of drug-likeness (QED) is 0.562. The molecule has 0 radical (unpaired) electrons. The van der Waals surface area contributed by atoms with E-state index < -0.39 is 6.04 Å². The number of rotatable bonds is 10. The molecule has 0 aliphatic carbocycles. The fourth-order valence-electron chi connectivity index (χ4n) is 2.58. The Labute approximate surface area is 160 Å². The van der Waals surface area contributed by atoms with Crippen LogP contribution >= 0.6 is 0 Å². The maximum atomic E-state index is 12.7. The minimum absolute atomic E-state index is 0.235. The SMILES string of the molecule is CCCNCCNC(=O)C(NC(=O)c1ccc(OC)cc1)c1ccccc1. The number of hydrogen-bond acceptors (Lipinski definition) is 4. The van der Waals surface area contributed by atoms with Gasteiger partial charge < -0.3 is 20.7 Å². The average molecular weight is 369 g/mol. The molecule has 6 heteroatoms. The largest absolute Gasteiger partial charge is 0.497 e. The summed E-state index contributed by atoms with van der Waals surface area (Å²) in [6, 6.07) is 15.2. The van der Waals surface area contributed by atoms with Crippen LogP contribution in [0.3, 0.4) is 0 Å². The van der Waals surface area contributed by atoms with Crippen molar-refractivity contribution < 1.29 is 14.3 Å². The van der Waals surface area contributed by atoms with Crippen LogP contribution in [0.4, 0.5) is 0 Å². The molecule has 0 fully saturated rings. The predicted octanol–water partition coefficient (Wildman–Crippen LogP) is 2.28. The molecule has 2 rings (SSSR count). The lowest BCUT2D eigenvalue weighted by Crippen LogP contribution is -2.42. The van der Waals surface area contributed by atoms with Gasteiger partial charge in [-0.25, -0.2) is 0 Å². The number of nitrogens with one attached hydrogen (secondary N) is 3. The molecular formula is C21H27N3O3. The summed E-state index contributed by atoms with van der Waals surface area (Å²) in [5.74, 6) is 0.121. The summed E-state index contributed by atoms with van der Waals surface area (Å²) in [5, 5.41) is 8.94. The van der Waals surface area contributed by atoms with Crippen molar-refractivity contribution in [3.8, 4) is 5.75 Å². The Kier molecular flexibility index (Phi) is 8.32. The fraction of sp³-hybridized carbons (Fsp3) is 0.333. The second-order valence-electron chi connectivity index (χ2n) is 6.09. The maximum absolute atomic E-state index is 12.7. The van der Waals surface area contributed by atoms with Gasteiger partial charge in [-0.1, -0.05) is 37.3 Å². The molecule has 27 heavy (non-hydrogen) atoms. The van der Waals surface area contributed by atoms with Crippen molar-refractivity contribution in [2.45, 2.75) is 19.4 Å². The third kappa shape index (κ3) is 6.42. The summed E-state index contributed by atoms with van der Waals surface area (Å²) in [4.78, 5) is 25.3. The van der Waals surface area contributed by atoms with Crippen LogP contribution in [0, 0.1) is 0 Å². The molecule has 2 amide bonds. The minimum Gasteiger partial charge on any atom is -0.497 e. The Morgan fingerprint density at radius 2 is 1.67 bits per heavy atom. The van der Waals surface area contributed by atoms with Crippen LogP contribution in [0.5, 0.6) is 5.75 Å². The molecule has 0 bridgehead atoms. The molecule has 0 heterocycles. The first-order valence-electron chi connectivity index (χ1n) is 9.14. The summed E-state index contributed by atoms with van der Waals surface area (Å²) in [6.45, 7) is 4.19. The first kappa shape index (κ1) is 20.5. The van der Waals surface area contributed by atoms with Gasteiger partial charge in [-0.05, 0) is 42.8 Å². The molecule has 1 unspecified atom stereocenters. The Balaban J connectivity index is 2.05. The van der Waals surface area contributed by atoms with Crippen LogP contribution in [0.25, 0.3) is 0 Å². The molecule has 0 spiro atoms. The van der Waals surface area contributed by atoms with Crippen LogP contribution in [0.1, 0.15) is 35.3 Å². The minimum atomic E-state index is -0.757. The van der Waals surface area contributed by atoms with Gasteiger partial charge in [-0.3, -0.25) is 9.59 Å². The monoisotopic (exact) mass is 369 g/mol. The van der Waals surface area contributed by atoms with E-state index in [9.17, 15) is 9.59 Å². The predicted molar refractivity (Wildman–Crippen MR) is 106 cm³/mol. The summed E-state index contributed by atoms with van der Waals surface area (Å²) in [7, 11) is 1.57. The van der Waals surface area contributed by atoms with Gasteiger partial charge in [0.05, 0.1) is 7.11 Å². The standard InChI is InChI=1S/C21H27N3O3/c1-3-13-22-14-15-23-21(26)19(16-7-5-4-6-8-16)24-20(25)17-9-11-18(27-2)12-10-17/h4-12,19,22H,3,13-15H2,1-2H3,(H,23,26)(H,24,25). The highest BCUT2D eigenvalue weighted by Gasteiger charge is 2.22. The summed E-state index contributed by atoms with van der Waals surface area (Å²) in [6.07, 6.45) is 1.04. The zero-order chi connectivity index (χ0) is 19.5. The number of carbonyl (C=O) groups is 2. The molecular weight excluding hydrogens is 342 g/mol. The summed E-state index contributed by atoms with van der Waals surface area (Å²) < 4.78 is 5.11. The van der Waals surface area contributed by atoms with Gasteiger partial charge in [0.1, 0.15) is 11.8 Å². The zero-order valence-corrected chi connectivity index (χ0v) is 15.8. The Hall–Kier alpha value is -2.86. The summed E-state index contributed by atoms with van der Waals surface area (Å²) >= 11 is 0. The number of hydrogen-bond donors (Lipinski definition) is 3. The van der Waals surface area contributed by atoms with Crippen LogP contribution in [0.2, 0.25) is 0 Å². The van der Waals surface area contributed by atoms with Crippen molar-refractivity contribution in [1.29, 1.82) is 0 Å². The Morgan fingerprint density at radius 3 is 2.30 bits per heavy atom. The van der Waals surface area contributed by atoms with E-state index in [1.54, 1.807) is 31.4 Å². The van der Waals surface area contributed by atoms with E-state index in [4.69, 9.17) is 4.74 Å². The Morgan fingerprint density at radius 1 is 0.963 bits per heavy atom. The third-order valence-electron chi connectivity index (χ3n) is 4.05. The number of methoxy groups -OCH3 is 1. The molecule has 0 saturated carbocycles. The van der Waals surface area contributed by atoms with Gasteiger partial charge in [0.2, 0.25) is 5.91 Å². The van der Waals surface area contributed by atoms with Crippen LogP contribution in [0.15, 0.2) is 54.6 Å².